The molecule has 4 heteroatoms. The summed E-state index contributed by atoms with van der Waals surface area (Å²) in [5.74, 6) is 0.708. The van der Waals surface area contributed by atoms with E-state index in [0.717, 1.165) is 32.9 Å². The Hall–Kier alpha value is -3.11. The zero-order valence-corrected chi connectivity index (χ0v) is 17.0. The number of rotatable bonds is 6. The van der Waals surface area contributed by atoms with Crippen molar-refractivity contribution in [3.05, 3.63) is 96.1 Å². The van der Waals surface area contributed by atoms with Crippen molar-refractivity contribution in [3.8, 4) is 0 Å². The van der Waals surface area contributed by atoms with Crippen LogP contribution in [-0.4, -0.2) is 17.4 Å². The first kappa shape index (κ1) is 19.2. The molecule has 1 amide bonds. The van der Waals surface area contributed by atoms with E-state index in [-0.39, 0.29) is 11.2 Å². The minimum atomic E-state index is -0.184. The van der Waals surface area contributed by atoms with Crippen LogP contribution in [0.4, 0.5) is 0 Å². The Bertz CT molecular complexity index is 1120. The normalized spacial score (nSPS) is 12.4. The van der Waals surface area contributed by atoms with E-state index < -0.39 is 0 Å². The lowest BCUT2D eigenvalue weighted by Crippen LogP contribution is -2.27. The van der Waals surface area contributed by atoms with Gasteiger partial charge in [0.05, 0.1) is 11.5 Å². The summed E-state index contributed by atoms with van der Waals surface area (Å²) >= 11 is 1.60. The Morgan fingerprint density at radius 1 is 0.931 bits per heavy atom. The summed E-state index contributed by atoms with van der Waals surface area (Å²) < 4.78 is 0. The number of nitrogens with zero attached hydrogens (tertiary/aromatic N) is 1. The highest BCUT2D eigenvalue weighted by Crippen LogP contribution is 2.27. The van der Waals surface area contributed by atoms with Gasteiger partial charge in [-0.1, -0.05) is 78.9 Å². The summed E-state index contributed by atoms with van der Waals surface area (Å²) in [5, 5.41) is 8.65. The van der Waals surface area contributed by atoms with Gasteiger partial charge >= 0.3 is 0 Å². The molecule has 0 heterocycles. The fourth-order valence-electron chi connectivity index (χ4n) is 3.31. The van der Waals surface area contributed by atoms with Crippen molar-refractivity contribution in [1.29, 1.82) is 0 Å². The molecule has 1 atom stereocenters. The van der Waals surface area contributed by atoms with E-state index in [2.05, 4.69) is 53.0 Å². The average molecular weight is 399 g/mol. The molecule has 0 saturated carbocycles. The van der Waals surface area contributed by atoms with E-state index in [0.29, 0.717) is 0 Å². The zero-order valence-electron chi connectivity index (χ0n) is 16.2. The fraction of sp³-hybridized carbons (Fsp3) is 0.120. The van der Waals surface area contributed by atoms with Crippen molar-refractivity contribution < 1.29 is 4.79 Å². The van der Waals surface area contributed by atoms with Crippen molar-refractivity contribution in [3.63, 3.8) is 0 Å². The van der Waals surface area contributed by atoms with Crippen molar-refractivity contribution in [2.75, 3.05) is 0 Å². The number of amides is 1. The number of benzene rings is 4. The first-order chi connectivity index (χ1) is 14.2. The summed E-state index contributed by atoms with van der Waals surface area (Å²) in [7, 11) is 0. The Morgan fingerprint density at radius 3 is 2.17 bits per heavy atom. The maximum Gasteiger partial charge on any atom is 0.252 e. The maximum absolute atomic E-state index is 12.4. The number of hydrazone groups is 1. The highest BCUT2D eigenvalue weighted by atomic mass is 32.2. The van der Waals surface area contributed by atoms with Crippen molar-refractivity contribution in [1.82, 2.24) is 5.43 Å². The lowest BCUT2D eigenvalue weighted by molar-refractivity contribution is -0.120. The Balaban J connectivity index is 1.50. The molecule has 3 nitrogen and oxygen atoms in total. The molecule has 4 rings (SSSR count). The third kappa shape index (κ3) is 4.49. The minimum absolute atomic E-state index is 0.0910. The number of hydrogen-bond acceptors (Lipinski definition) is 3. The Kier molecular flexibility index (Phi) is 5.92. The third-order valence-corrected chi connectivity index (χ3v) is 6.11. The quantitative estimate of drug-likeness (QED) is 0.255. The fourth-order valence-corrected chi connectivity index (χ4v) is 4.15. The van der Waals surface area contributed by atoms with Crippen LogP contribution in [0.1, 0.15) is 18.1 Å². The molecule has 29 heavy (non-hydrogen) atoms. The van der Waals surface area contributed by atoms with Crippen LogP contribution in [-0.2, 0) is 10.5 Å². The Morgan fingerprint density at radius 2 is 1.52 bits per heavy atom. The molecule has 0 spiro atoms. The van der Waals surface area contributed by atoms with Crippen LogP contribution in [0.15, 0.2) is 90.0 Å². The van der Waals surface area contributed by atoms with Crippen molar-refractivity contribution >= 4 is 45.4 Å². The largest absolute Gasteiger partial charge is 0.272 e. The van der Waals surface area contributed by atoms with Gasteiger partial charge in [-0.2, -0.15) is 5.10 Å². The van der Waals surface area contributed by atoms with E-state index in [1.807, 2.05) is 49.4 Å². The molecule has 0 unspecified atom stereocenters. The number of hydrogen-bond donors (Lipinski definition) is 1. The van der Waals surface area contributed by atoms with Gasteiger partial charge in [-0.05, 0) is 40.1 Å². The molecule has 0 fully saturated rings. The van der Waals surface area contributed by atoms with Crippen molar-refractivity contribution in [2.24, 2.45) is 5.10 Å². The van der Waals surface area contributed by atoms with Gasteiger partial charge < -0.3 is 0 Å². The molecular weight excluding hydrogens is 376 g/mol. The summed E-state index contributed by atoms with van der Waals surface area (Å²) in [6, 6.07) is 28.8. The van der Waals surface area contributed by atoms with Crippen molar-refractivity contribution in [2.45, 2.75) is 17.9 Å². The van der Waals surface area contributed by atoms with Crippen LogP contribution in [0.25, 0.3) is 21.5 Å². The number of carbonyl (C=O) groups excluding carboxylic acids is 1. The van der Waals surface area contributed by atoms with Crippen LogP contribution >= 0.6 is 11.8 Å². The summed E-state index contributed by atoms with van der Waals surface area (Å²) in [4.78, 5) is 12.4. The summed E-state index contributed by atoms with van der Waals surface area (Å²) in [6.45, 7) is 1.91. The average Bonchev–Trinajstić information content (AvgIpc) is 2.77. The molecule has 0 aliphatic rings. The molecular formula is C25H22N2OS. The highest BCUT2D eigenvalue weighted by molar-refractivity contribution is 7.99. The predicted molar refractivity (Wildman–Crippen MR) is 124 cm³/mol. The molecule has 4 aromatic carbocycles. The Labute approximate surface area is 174 Å². The van der Waals surface area contributed by atoms with Gasteiger partial charge in [-0.15, -0.1) is 11.8 Å². The third-order valence-electron chi connectivity index (χ3n) is 4.89. The number of carbonyl (C=O) groups is 1. The van der Waals surface area contributed by atoms with E-state index in [9.17, 15) is 4.79 Å². The molecule has 1 N–H and O–H groups in total. The predicted octanol–water partition coefficient (Wildman–Crippen LogP) is 5.77. The van der Waals surface area contributed by atoms with Crippen LogP contribution in [0.2, 0.25) is 0 Å². The second-order valence-corrected chi connectivity index (χ2v) is 8.23. The molecule has 0 radical (unpaired) electrons. The molecule has 0 saturated heterocycles. The minimum Gasteiger partial charge on any atom is -0.272 e. The van der Waals surface area contributed by atoms with Gasteiger partial charge in [0.1, 0.15) is 0 Å². The lowest BCUT2D eigenvalue weighted by atomic mass is 9.97. The number of fused-ring (bicyclic) bond motifs is 2. The van der Waals surface area contributed by atoms with Crippen LogP contribution in [0.3, 0.4) is 0 Å². The first-order valence-corrected chi connectivity index (χ1v) is 10.7. The van der Waals surface area contributed by atoms with Gasteiger partial charge in [0, 0.05) is 11.3 Å². The van der Waals surface area contributed by atoms with Gasteiger partial charge in [0.2, 0.25) is 0 Å². The molecule has 144 valence electrons. The smallest absolute Gasteiger partial charge is 0.252 e. The zero-order chi connectivity index (χ0) is 20.1. The van der Waals surface area contributed by atoms with E-state index >= 15 is 0 Å². The topological polar surface area (TPSA) is 41.5 Å². The van der Waals surface area contributed by atoms with E-state index in [4.69, 9.17) is 0 Å². The monoisotopic (exact) mass is 398 g/mol. The number of thioether (sulfide) groups is 1. The molecule has 0 aromatic heterocycles. The highest BCUT2D eigenvalue weighted by Gasteiger charge is 2.13. The number of nitrogens with one attached hydrogen (secondary N) is 1. The van der Waals surface area contributed by atoms with E-state index in [1.54, 1.807) is 18.0 Å². The van der Waals surface area contributed by atoms with Gasteiger partial charge in [0.25, 0.3) is 5.91 Å². The van der Waals surface area contributed by atoms with E-state index in [1.165, 1.54) is 5.56 Å². The van der Waals surface area contributed by atoms with Gasteiger partial charge in [0.15, 0.2) is 0 Å². The second-order valence-electron chi connectivity index (χ2n) is 6.91. The molecule has 0 aliphatic carbocycles. The summed E-state index contributed by atoms with van der Waals surface area (Å²) in [5.41, 5.74) is 4.93. The van der Waals surface area contributed by atoms with Crippen LogP contribution in [0.5, 0.6) is 0 Å². The van der Waals surface area contributed by atoms with Crippen LogP contribution < -0.4 is 5.43 Å². The lowest BCUT2D eigenvalue weighted by Gasteiger charge is -2.10. The maximum atomic E-state index is 12.4. The first-order valence-electron chi connectivity index (χ1n) is 9.61. The molecule has 0 bridgehead atoms. The van der Waals surface area contributed by atoms with Gasteiger partial charge in [-0.25, -0.2) is 5.43 Å². The SMILES string of the molecule is C[C@@H](SCc1ccccc1)C(=O)N/N=C\c1c2ccccc2cc2ccccc12. The summed E-state index contributed by atoms with van der Waals surface area (Å²) in [6.07, 6.45) is 1.76. The molecule has 0 aliphatic heterocycles. The second kappa shape index (κ2) is 8.93. The van der Waals surface area contributed by atoms with Gasteiger partial charge in [-0.3, -0.25) is 4.79 Å². The standard InChI is InChI=1S/C25H22N2OS/c1-18(29-17-19-9-3-2-4-10-19)25(28)27-26-16-24-22-13-7-5-11-20(22)15-21-12-6-8-14-23(21)24/h2-16,18H,17H2,1H3,(H,27,28)/b26-16-/t18-/m1/s1. The molecule has 4 aromatic rings. The van der Waals surface area contributed by atoms with Crippen LogP contribution in [0, 0.1) is 0 Å².